The molecule has 3 rings (SSSR count). The van der Waals surface area contributed by atoms with Crippen LogP contribution in [0, 0.1) is 0 Å². The molecule has 3 aromatic rings. The van der Waals surface area contributed by atoms with Gasteiger partial charge in [0.25, 0.3) is 5.91 Å². The molecule has 1 aromatic carbocycles. The first-order chi connectivity index (χ1) is 11.2. The maximum absolute atomic E-state index is 12.3. The number of nitrogens with zero attached hydrogens (tertiary/aromatic N) is 2. The molecule has 1 N–H and O–H groups in total. The molecule has 0 aliphatic carbocycles. The highest BCUT2D eigenvalue weighted by molar-refractivity contribution is 9.10. The van der Waals surface area contributed by atoms with Crippen LogP contribution in [0.25, 0.3) is 11.0 Å². The maximum atomic E-state index is 12.3. The molecular formula is C15H14BrN3O2S2. The highest BCUT2D eigenvalue weighted by Gasteiger charge is 2.15. The molecule has 2 aromatic heterocycles. The summed E-state index contributed by atoms with van der Waals surface area (Å²) in [6.45, 7) is 2.15. The number of nitrogens with one attached hydrogen (secondary N) is 1. The quantitative estimate of drug-likeness (QED) is 0.343. The smallest absolute Gasteiger partial charge is 0.293 e. The summed E-state index contributed by atoms with van der Waals surface area (Å²) < 4.78 is 7.37. The molecule has 0 aliphatic heterocycles. The number of carbonyl (C=O) groups is 1. The van der Waals surface area contributed by atoms with Gasteiger partial charge in [-0.1, -0.05) is 52.4 Å². The first-order valence-electron chi connectivity index (χ1n) is 7.12. The van der Waals surface area contributed by atoms with Gasteiger partial charge in [-0.05, 0) is 30.7 Å². The standard InChI is InChI=1S/C15H14BrN3O2S2/c1-2-3-6-22-15-19-18-14(23-15)17-13(20)12-8-9-7-10(16)4-5-11(9)21-12/h4-5,7-8H,2-3,6H2,1H3,(H,17,18,20). The van der Waals surface area contributed by atoms with E-state index >= 15 is 0 Å². The van der Waals surface area contributed by atoms with E-state index < -0.39 is 0 Å². The van der Waals surface area contributed by atoms with Crippen molar-refractivity contribution in [2.75, 3.05) is 11.1 Å². The molecule has 23 heavy (non-hydrogen) atoms. The Bertz CT molecular complexity index is 831. The first-order valence-corrected chi connectivity index (χ1v) is 9.72. The fourth-order valence-electron chi connectivity index (χ4n) is 1.91. The minimum absolute atomic E-state index is 0.258. The van der Waals surface area contributed by atoms with Crippen molar-refractivity contribution < 1.29 is 9.21 Å². The van der Waals surface area contributed by atoms with Crippen LogP contribution in [0.3, 0.4) is 0 Å². The van der Waals surface area contributed by atoms with E-state index in [4.69, 9.17) is 4.42 Å². The maximum Gasteiger partial charge on any atom is 0.293 e. The van der Waals surface area contributed by atoms with Gasteiger partial charge in [0.1, 0.15) is 5.58 Å². The lowest BCUT2D eigenvalue weighted by Crippen LogP contribution is -2.10. The minimum atomic E-state index is -0.321. The van der Waals surface area contributed by atoms with Crippen molar-refractivity contribution in [2.45, 2.75) is 24.1 Å². The lowest BCUT2D eigenvalue weighted by molar-refractivity contribution is 0.0998. The molecule has 1 amide bonds. The number of thioether (sulfide) groups is 1. The molecule has 8 heteroatoms. The number of anilines is 1. The number of unbranched alkanes of at least 4 members (excludes halogenated alkanes) is 1. The van der Waals surface area contributed by atoms with E-state index in [0.29, 0.717) is 10.7 Å². The Kier molecular flexibility index (Phi) is 5.34. The Balaban J connectivity index is 1.68. The predicted octanol–water partition coefficient (Wildman–Crippen LogP) is 5.19. The van der Waals surface area contributed by atoms with Gasteiger partial charge in [0.15, 0.2) is 10.1 Å². The van der Waals surface area contributed by atoms with Crippen molar-refractivity contribution in [3.05, 3.63) is 34.5 Å². The summed E-state index contributed by atoms with van der Waals surface area (Å²) in [7, 11) is 0. The Morgan fingerprint density at radius 3 is 3.09 bits per heavy atom. The normalized spacial score (nSPS) is 11.0. The number of hydrogen-bond acceptors (Lipinski definition) is 6. The van der Waals surface area contributed by atoms with Crippen molar-refractivity contribution in [1.29, 1.82) is 0 Å². The zero-order chi connectivity index (χ0) is 16.2. The van der Waals surface area contributed by atoms with Crippen LogP contribution < -0.4 is 5.32 Å². The Hall–Kier alpha value is -1.38. The summed E-state index contributed by atoms with van der Waals surface area (Å²) in [5, 5.41) is 12.2. The van der Waals surface area contributed by atoms with Gasteiger partial charge in [0.05, 0.1) is 0 Å². The van der Waals surface area contributed by atoms with Crippen molar-refractivity contribution in [1.82, 2.24) is 10.2 Å². The molecule has 0 unspecified atom stereocenters. The zero-order valence-electron chi connectivity index (χ0n) is 12.3. The van der Waals surface area contributed by atoms with E-state index in [2.05, 4.69) is 38.4 Å². The van der Waals surface area contributed by atoms with E-state index in [-0.39, 0.29) is 11.7 Å². The van der Waals surface area contributed by atoms with Gasteiger partial charge in [-0.3, -0.25) is 10.1 Å². The fraction of sp³-hybridized carbons (Fsp3) is 0.267. The second-order valence-electron chi connectivity index (χ2n) is 4.82. The van der Waals surface area contributed by atoms with Crippen LogP contribution >= 0.6 is 39.0 Å². The summed E-state index contributed by atoms with van der Waals surface area (Å²) in [5.41, 5.74) is 0.673. The summed E-state index contributed by atoms with van der Waals surface area (Å²) in [6.07, 6.45) is 2.29. The summed E-state index contributed by atoms with van der Waals surface area (Å²) in [5.74, 6) is 0.949. The number of rotatable bonds is 6. The lowest BCUT2D eigenvalue weighted by atomic mass is 10.2. The van der Waals surface area contributed by atoms with E-state index in [0.717, 1.165) is 32.8 Å². The average Bonchev–Trinajstić information content (AvgIpc) is 3.14. The number of carbonyl (C=O) groups excluding carboxylic acids is 1. The van der Waals surface area contributed by atoms with E-state index in [1.54, 1.807) is 17.8 Å². The van der Waals surface area contributed by atoms with E-state index in [1.807, 2.05) is 18.2 Å². The summed E-state index contributed by atoms with van der Waals surface area (Å²) >= 11 is 6.43. The number of halogens is 1. The van der Waals surface area contributed by atoms with Gasteiger partial charge in [-0.25, -0.2) is 0 Å². The third kappa shape index (κ3) is 4.13. The Morgan fingerprint density at radius 2 is 2.26 bits per heavy atom. The van der Waals surface area contributed by atoms with Crippen molar-refractivity contribution in [3.63, 3.8) is 0 Å². The number of furan rings is 1. The van der Waals surface area contributed by atoms with Crippen LogP contribution in [0.15, 0.2) is 37.5 Å². The van der Waals surface area contributed by atoms with Crippen molar-refractivity contribution in [2.24, 2.45) is 0 Å². The van der Waals surface area contributed by atoms with Crippen LogP contribution in [0.4, 0.5) is 5.13 Å². The second-order valence-corrected chi connectivity index (χ2v) is 8.06. The molecule has 0 fully saturated rings. The van der Waals surface area contributed by atoms with Crippen LogP contribution in [-0.4, -0.2) is 21.9 Å². The minimum Gasteiger partial charge on any atom is -0.451 e. The highest BCUT2D eigenvalue weighted by Crippen LogP contribution is 2.27. The number of benzene rings is 1. The largest absolute Gasteiger partial charge is 0.451 e. The molecule has 2 heterocycles. The molecule has 0 atom stereocenters. The Labute approximate surface area is 150 Å². The van der Waals surface area contributed by atoms with Gasteiger partial charge in [-0.2, -0.15) is 0 Å². The third-order valence-corrected chi connectivity index (χ3v) is 5.60. The molecule has 0 spiro atoms. The molecule has 5 nitrogen and oxygen atoms in total. The first kappa shape index (κ1) is 16.5. The van der Waals surface area contributed by atoms with Gasteiger partial charge >= 0.3 is 0 Å². The molecule has 0 aliphatic rings. The molecule has 0 saturated heterocycles. The van der Waals surface area contributed by atoms with Gasteiger partial charge in [0.2, 0.25) is 5.13 Å². The molecule has 0 bridgehead atoms. The number of fused-ring (bicyclic) bond motifs is 1. The topological polar surface area (TPSA) is 68.0 Å². The van der Waals surface area contributed by atoms with E-state index in [1.165, 1.54) is 11.3 Å². The summed E-state index contributed by atoms with van der Waals surface area (Å²) in [4.78, 5) is 12.3. The second kappa shape index (κ2) is 7.46. The SMILES string of the molecule is CCCCSc1nnc(NC(=O)c2cc3cc(Br)ccc3o2)s1. The van der Waals surface area contributed by atoms with Crippen molar-refractivity contribution in [3.8, 4) is 0 Å². The molecule has 120 valence electrons. The molecule has 0 radical (unpaired) electrons. The number of aromatic nitrogens is 2. The predicted molar refractivity (Wildman–Crippen MR) is 97.4 cm³/mol. The number of hydrogen-bond donors (Lipinski definition) is 1. The highest BCUT2D eigenvalue weighted by atomic mass is 79.9. The molecular weight excluding hydrogens is 398 g/mol. The van der Waals surface area contributed by atoms with Crippen LogP contribution in [0.1, 0.15) is 30.3 Å². The molecule has 0 saturated carbocycles. The van der Waals surface area contributed by atoms with Gasteiger partial charge in [0, 0.05) is 15.6 Å². The van der Waals surface area contributed by atoms with Crippen molar-refractivity contribution >= 4 is 61.0 Å². The third-order valence-electron chi connectivity index (χ3n) is 3.05. The van der Waals surface area contributed by atoms with Gasteiger partial charge < -0.3 is 4.42 Å². The van der Waals surface area contributed by atoms with Crippen LogP contribution in [0.2, 0.25) is 0 Å². The van der Waals surface area contributed by atoms with Crippen LogP contribution in [0.5, 0.6) is 0 Å². The zero-order valence-corrected chi connectivity index (χ0v) is 15.6. The lowest BCUT2D eigenvalue weighted by Gasteiger charge is -1.96. The fourth-order valence-corrected chi connectivity index (χ4v) is 4.19. The van der Waals surface area contributed by atoms with Crippen LogP contribution in [-0.2, 0) is 0 Å². The number of amides is 1. The van der Waals surface area contributed by atoms with Gasteiger partial charge in [-0.15, -0.1) is 10.2 Å². The summed E-state index contributed by atoms with van der Waals surface area (Å²) in [6, 6.07) is 7.32. The Morgan fingerprint density at radius 1 is 1.39 bits per heavy atom. The monoisotopic (exact) mass is 411 g/mol. The van der Waals surface area contributed by atoms with E-state index in [9.17, 15) is 4.79 Å². The average molecular weight is 412 g/mol.